The molecule has 2 aromatic heterocycles. The summed E-state index contributed by atoms with van der Waals surface area (Å²) in [6.45, 7) is 0.436. The van der Waals surface area contributed by atoms with Gasteiger partial charge in [0.25, 0.3) is 0 Å². The number of aromatic amines is 1. The number of nitrogens with two attached hydrogens (primary N) is 1. The number of fused-ring (bicyclic) bond motifs is 1. The maximum atomic E-state index is 13.9. The molecule has 226 valence electrons. The summed E-state index contributed by atoms with van der Waals surface area (Å²) in [6, 6.07) is 26.2. The van der Waals surface area contributed by atoms with E-state index < -0.39 is 11.2 Å². The largest absolute Gasteiger partial charge is 0.497 e. The molecule has 1 aliphatic heterocycles. The smallest absolute Gasteiger partial charge is 0.248 e. The van der Waals surface area contributed by atoms with Crippen molar-refractivity contribution in [3.8, 4) is 17.6 Å². The normalized spacial score (nSPS) is 15.9. The lowest BCUT2D eigenvalue weighted by atomic mass is 10.1. The Kier molecular flexibility index (Phi) is 8.91. The van der Waals surface area contributed by atoms with Crippen LogP contribution < -0.4 is 20.7 Å². The second-order valence-electron chi connectivity index (χ2n) is 10.4. The van der Waals surface area contributed by atoms with Gasteiger partial charge in [-0.25, -0.2) is 0 Å². The number of nitrogens with one attached hydrogen (secondary N) is 2. The number of thiophene rings is 1. The van der Waals surface area contributed by atoms with E-state index in [1.54, 1.807) is 36.3 Å². The van der Waals surface area contributed by atoms with Gasteiger partial charge in [-0.2, -0.15) is 0 Å². The van der Waals surface area contributed by atoms with Crippen molar-refractivity contribution in [3.05, 3.63) is 118 Å². The number of ether oxygens (including phenoxy) is 1. The quantitative estimate of drug-likeness (QED) is 0.182. The highest BCUT2D eigenvalue weighted by molar-refractivity contribution is 8.01. The average Bonchev–Trinajstić information content (AvgIpc) is 3.78. The third kappa shape index (κ3) is 6.75. The summed E-state index contributed by atoms with van der Waals surface area (Å²) < 4.78 is 5.30. The Labute approximate surface area is 269 Å². The lowest BCUT2D eigenvalue weighted by molar-refractivity contribution is -0.124. The Balaban J connectivity index is 1.17. The molecule has 4 N–H and O–H groups in total. The summed E-state index contributed by atoms with van der Waals surface area (Å²) in [6.07, 6.45) is 2.61. The first-order valence-corrected chi connectivity index (χ1v) is 16.1. The third-order valence-corrected chi connectivity index (χ3v) is 10.1. The van der Waals surface area contributed by atoms with Crippen LogP contribution in [0.25, 0.3) is 10.9 Å². The van der Waals surface area contributed by atoms with E-state index >= 15 is 0 Å². The number of nitrogens with zero attached hydrogens (tertiary/aromatic N) is 1. The molecule has 0 saturated carbocycles. The highest BCUT2D eigenvalue weighted by atomic mass is 32.2. The van der Waals surface area contributed by atoms with Gasteiger partial charge in [0.05, 0.1) is 17.2 Å². The van der Waals surface area contributed by atoms with Crippen molar-refractivity contribution in [2.75, 3.05) is 18.6 Å². The zero-order valence-corrected chi connectivity index (χ0v) is 26.0. The number of thioether (sulfide) groups is 1. The zero-order chi connectivity index (χ0) is 31.3. The lowest BCUT2D eigenvalue weighted by Crippen LogP contribution is -2.34. The molecule has 3 aromatic carbocycles. The molecule has 10 heteroatoms. The Bertz CT molecular complexity index is 1940. The van der Waals surface area contributed by atoms with Crippen molar-refractivity contribution in [2.24, 2.45) is 5.73 Å². The SMILES string of the molecule is COc1ccc2c(CCNC(=O)C[C@H]3S[C@@H](c4ccc(C#Cc5ccccc5)s4)N(c4cccc(C(N)=O)c4)C3=O)c[nH]c2c1. The highest BCUT2D eigenvalue weighted by Gasteiger charge is 2.43. The van der Waals surface area contributed by atoms with Gasteiger partial charge < -0.3 is 20.8 Å². The summed E-state index contributed by atoms with van der Waals surface area (Å²) in [5.74, 6) is 6.19. The molecule has 1 saturated heterocycles. The number of amides is 3. The van der Waals surface area contributed by atoms with Crippen LogP contribution in [-0.2, 0) is 16.0 Å². The van der Waals surface area contributed by atoms with Crippen LogP contribution in [0.5, 0.6) is 5.75 Å². The van der Waals surface area contributed by atoms with E-state index in [1.807, 2.05) is 66.9 Å². The molecule has 0 bridgehead atoms. The molecule has 5 aromatic rings. The standard InChI is InChI=1S/C35H30N4O4S2/c1-43-26-11-14-28-24(21-38-29(28)19-26)16-17-37-32(40)20-31-34(42)39(25-9-5-8-23(18-25)33(36)41)35(45-31)30-15-13-27(44-30)12-10-22-6-3-2-4-7-22/h2-9,11,13-15,18-19,21,31,35,38H,16-17,20H2,1H3,(H2,36,41)(H,37,40)/t31-,35+/m1/s1. The van der Waals surface area contributed by atoms with E-state index in [4.69, 9.17) is 10.5 Å². The first kappa shape index (κ1) is 30.1. The molecule has 0 spiro atoms. The van der Waals surface area contributed by atoms with Gasteiger partial charge in [-0.1, -0.05) is 36.1 Å². The van der Waals surface area contributed by atoms with Crippen LogP contribution in [0, 0.1) is 11.8 Å². The predicted octanol–water partition coefficient (Wildman–Crippen LogP) is 5.63. The summed E-state index contributed by atoms with van der Waals surface area (Å²) in [7, 11) is 1.63. The van der Waals surface area contributed by atoms with Crippen LogP contribution in [0.3, 0.4) is 0 Å². The van der Waals surface area contributed by atoms with Crippen molar-refractivity contribution in [1.29, 1.82) is 0 Å². The van der Waals surface area contributed by atoms with Crippen LogP contribution in [-0.4, -0.2) is 41.6 Å². The number of anilines is 1. The fourth-order valence-electron chi connectivity index (χ4n) is 5.23. The lowest BCUT2D eigenvalue weighted by Gasteiger charge is -2.23. The molecule has 0 radical (unpaired) electrons. The van der Waals surface area contributed by atoms with E-state index in [0.29, 0.717) is 24.2 Å². The molecule has 1 fully saturated rings. The van der Waals surface area contributed by atoms with Crippen LogP contribution >= 0.6 is 23.1 Å². The van der Waals surface area contributed by atoms with Crippen molar-refractivity contribution >= 4 is 57.4 Å². The van der Waals surface area contributed by atoms with E-state index in [9.17, 15) is 14.4 Å². The summed E-state index contributed by atoms with van der Waals surface area (Å²) in [4.78, 5) is 45.6. The van der Waals surface area contributed by atoms with E-state index in [2.05, 4.69) is 22.1 Å². The first-order chi connectivity index (χ1) is 21.9. The summed E-state index contributed by atoms with van der Waals surface area (Å²) in [5.41, 5.74) is 9.38. The van der Waals surface area contributed by atoms with Gasteiger partial charge in [0.1, 0.15) is 11.1 Å². The van der Waals surface area contributed by atoms with E-state index in [1.165, 1.54) is 23.1 Å². The molecule has 45 heavy (non-hydrogen) atoms. The molecular weight excluding hydrogens is 605 g/mol. The van der Waals surface area contributed by atoms with Gasteiger partial charge >= 0.3 is 0 Å². The number of carbonyl (C=O) groups is 3. The summed E-state index contributed by atoms with van der Waals surface area (Å²) in [5, 5.41) is 3.07. The molecule has 0 aliphatic carbocycles. The topological polar surface area (TPSA) is 118 Å². The molecule has 8 nitrogen and oxygen atoms in total. The van der Waals surface area contributed by atoms with Crippen molar-refractivity contribution in [1.82, 2.24) is 10.3 Å². The summed E-state index contributed by atoms with van der Waals surface area (Å²) >= 11 is 2.93. The Morgan fingerprint density at radius 3 is 2.67 bits per heavy atom. The van der Waals surface area contributed by atoms with Crippen molar-refractivity contribution in [3.63, 3.8) is 0 Å². The Morgan fingerprint density at radius 2 is 1.87 bits per heavy atom. The van der Waals surface area contributed by atoms with Crippen LogP contribution in [0.15, 0.2) is 91.1 Å². The molecule has 0 unspecified atom stereocenters. The zero-order valence-electron chi connectivity index (χ0n) is 24.4. The van der Waals surface area contributed by atoms with Gasteiger partial charge in [0, 0.05) is 57.8 Å². The van der Waals surface area contributed by atoms with Gasteiger partial charge in [-0.05, 0) is 66.6 Å². The number of methoxy groups -OCH3 is 1. The predicted molar refractivity (Wildman–Crippen MR) is 179 cm³/mol. The Morgan fingerprint density at radius 1 is 1.02 bits per heavy atom. The first-order valence-electron chi connectivity index (χ1n) is 14.4. The number of rotatable bonds is 9. The molecular formula is C35H30N4O4S2. The number of H-pyrrole nitrogens is 1. The van der Waals surface area contributed by atoms with Gasteiger partial charge in [-0.3, -0.25) is 19.3 Å². The van der Waals surface area contributed by atoms with Crippen LogP contribution in [0.1, 0.15) is 43.0 Å². The number of carbonyl (C=O) groups excluding carboxylic acids is 3. The second kappa shape index (κ2) is 13.3. The maximum Gasteiger partial charge on any atom is 0.248 e. The molecule has 1 aliphatic rings. The van der Waals surface area contributed by atoms with Crippen LogP contribution in [0.2, 0.25) is 0 Å². The van der Waals surface area contributed by atoms with E-state index in [0.717, 1.165) is 37.5 Å². The highest BCUT2D eigenvalue weighted by Crippen LogP contribution is 2.48. The number of aromatic nitrogens is 1. The van der Waals surface area contributed by atoms with Gasteiger partial charge in [0.2, 0.25) is 17.7 Å². The molecule has 6 rings (SSSR count). The minimum absolute atomic E-state index is 0.0309. The van der Waals surface area contributed by atoms with E-state index in [-0.39, 0.29) is 23.6 Å². The fourth-order valence-corrected chi connectivity index (χ4v) is 7.73. The molecule has 3 amide bonds. The minimum Gasteiger partial charge on any atom is -0.497 e. The third-order valence-electron chi connectivity index (χ3n) is 7.49. The molecule has 3 heterocycles. The van der Waals surface area contributed by atoms with Crippen molar-refractivity contribution in [2.45, 2.75) is 23.5 Å². The number of hydrogen-bond donors (Lipinski definition) is 3. The second-order valence-corrected chi connectivity index (χ2v) is 12.9. The average molecular weight is 635 g/mol. The maximum absolute atomic E-state index is 13.9. The van der Waals surface area contributed by atoms with Gasteiger partial charge in [-0.15, -0.1) is 23.1 Å². The number of benzene rings is 3. The number of hydrogen-bond acceptors (Lipinski definition) is 6. The van der Waals surface area contributed by atoms with Crippen LogP contribution in [0.4, 0.5) is 5.69 Å². The van der Waals surface area contributed by atoms with Gasteiger partial charge in [0.15, 0.2) is 0 Å². The Hall–Kier alpha value is -4.98. The molecule has 2 atom stereocenters. The fraction of sp³-hybridized carbons (Fsp3) is 0.171. The monoisotopic (exact) mass is 634 g/mol. The minimum atomic E-state index is -0.603. The number of primary amides is 1. The van der Waals surface area contributed by atoms with Crippen molar-refractivity contribution < 1.29 is 19.1 Å².